The lowest BCUT2D eigenvalue weighted by molar-refractivity contribution is -0.129. The zero-order valence-corrected chi connectivity index (χ0v) is 10.3. The first-order chi connectivity index (χ1) is 9.11. The maximum absolute atomic E-state index is 13.1. The molecule has 0 spiro atoms. The fourth-order valence-corrected chi connectivity index (χ4v) is 2.10. The molecule has 1 fully saturated rings. The first-order valence-electron chi connectivity index (χ1n) is 5.91. The monoisotopic (exact) mass is 263 g/mol. The number of carbonyl (C=O) groups is 1. The summed E-state index contributed by atoms with van der Waals surface area (Å²) in [5, 5.41) is 9.00. The Kier molecular flexibility index (Phi) is 4.10. The van der Waals surface area contributed by atoms with Crippen LogP contribution in [-0.2, 0) is 16.1 Å². The van der Waals surface area contributed by atoms with Crippen LogP contribution < -0.4 is 5.73 Å². The summed E-state index contributed by atoms with van der Waals surface area (Å²) in [5.74, 6) is -0.908. The van der Waals surface area contributed by atoms with Gasteiger partial charge in [0.15, 0.2) is 0 Å². The molecular formula is C13H14FN3O2. The van der Waals surface area contributed by atoms with Gasteiger partial charge in [0.05, 0.1) is 24.8 Å². The third-order valence-corrected chi connectivity index (χ3v) is 3.13. The zero-order valence-electron chi connectivity index (χ0n) is 10.3. The number of benzene rings is 1. The molecule has 0 unspecified atom stereocenters. The van der Waals surface area contributed by atoms with Gasteiger partial charge in [-0.2, -0.15) is 5.26 Å². The minimum Gasteiger partial charge on any atom is -0.378 e. The van der Waals surface area contributed by atoms with Crippen LogP contribution in [0.3, 0.4) is 0 Å². The summed E-state index contributed by atoms with van der Waals surface area (Å²) in [7, 11) is 0. The van der Waals surface area contributed by atoms with Gasteiger partial charge in [-0.3, -0.25) is 9.69 Å². The van der Waals surface area contributed by atoms with Crippen molar-refractivity contribution >= 4 is 5.91 Å². The number of hydrogen-bond donors (Lipinski definition) is 1. The van der Waals surface area contributed by atoms with Crippen molar-refractivity contribution in [3.63, 3.8) is 0 Å². The molecule has 1 heterocycles. The number of nitriles is 1. The topological polar surface area (TPSA) is 79.3 Å². The molecule has 100 valence electrons. The van der Waals surface area contributed by atoms with Gasteiger partial charge in [0.2, 0.25) is 5.91 Å². The van der Waals surface area contributed by atoms with Crippen molar-refractivity contribution in [3.05, 3.63) is 35.1 Å². The quantitative estimate of drug-likeness (QED) is 0.855. The smallest absolute Gasteiger partial charge is 0.237 e. The molecule has 1 aliphatic heterocycles. The Bertz CT molecular complexity index is 527. The van der Waals surface area contributed by atoms with Crippen LogP contribution in [0.5, 0.6) is 0 Å². The van der Waals surface area contributed by atoms with Gasteiger partial charge in [-0.05, 0) is 17.7 Å². The Morgan fingerprint density at radius 1 is 1.63 bits per heavy atom. The standard InChI is InChI=1S/C13H14FN3O2/c14-11-2-1-9(10(5-11)6-15)7-17-3-4-19-8-12(17)13(16)18/h1-2,5,12H,3-4,7-8H2,(H2,16,18)/t12-/m1/s1. The molecular weight excluding hydrogens is 249 g/mol. The van der Waals surface area contributed by atoms with E-state index >= 15 is 0 Å². The molecule has 1 aromatic rings. The SMILES string of the molecule is N#Cc1cc(F)ccc1CN1CCOC[C@@H]1C(N)=O. The first kappa shape index (κ1) is 13.5. The fourth-order valence-electron chi connectivity index (χ4n) is 2.10. The van der Waals surface area contributed by atoms with E-state index in [1.165, 1.54) is 12.1 Å². The van der Waals surface area contributed by atoms with E-state index in [9.17, 15) is 9.18 Å². The number of carbonyl (C=O) groups excluding carboxylic acids is 1. The molecule has 1 atom stereocenters. The second kappa shape index (κ2) is 5.78. The maximum Gasteiger partial charge on any atom is 0.237 e. The van der Waals surface area contributed by atoms with Crippen LogP contribution in [0, 0.1) is 17.1 Å². The predicted octanol–water partition coefficient (Wildman–Crippen LogP) is 0.383. The highest BCUT2D eigenvalue weighted by Crippen LogP contribution is 2.16. The molecule has 0 bridgehead atoms. The molecule has 6 heteroatoms. The highest BCUT2D eigenvalue weighted by atomic mass is 19.1. The minimum atomic E-state index is -0.509. The predicted molar refractivity (Wildman–Crippen MR) is 65.3 cm³/mol. The Labute approximate surface area is 110 Å². The lowest BCUT2D eigenvalue weighted by Gasteiger charge is -2.33. The first-order valence-corrected chi connectivity index (χ1v) is 5.91. The number of nitrogens with two attached hydrogens (primary N) is 1. The summed E-state index contributed by atoms with van der Waals surface area (Å²) in [4.78, 5) is 13.2. The average Bonchev–Trinajstić information content (AvgIpc) is 2.41. The van der Waals surface area contributed by atoms with E-state index in [1.54, 1.807) is 6.07 Å². The molecule has 0 aliphatic carbocycles. The van der Waals surface area contributed by atoms with Crippen molar-refractivity contribution in [2.45, 2.75) is 12.6 Å². The van der Waals surface area contributed by atoms with Crippen LogP contribution >= 0.6 is 0 Å². The van der Waals surface area contributed by atoms with E-state index in [0.717, 1.165) is 0 Å². The van der Waals surface area contributed by atoms with Crippen molar-refractivity contribution in [1.29, 1.82) is 5.26 Å². The number of ether oxygens (including phenoxy) is 1. The third kappa shape index (κ3) is 3.08. The largest absolute Gasteiger partial charge is 0.378 e. The van der Waals surface area contributed by atoms with E-state index in [2.05, 4.69) is 0 Å². The summed E-state index contributed by atoms with van der Waals surface area (Å²) >= 11 is 0. The van der Waals surface area contributed by atoms with Gasteiger partial charge >= 0.3 is 0 Å². The molecule has 0 aromatic heterocycles. The van der Waals surface area contributed by atoms with E-state index in [0.29, 0.717) is 25.3 Å². The second-order valence-corrected chi connectivity index (χ2v) is 4.38. The highest BCUT2D eigenvalue weighted by Gasteiger charge is 2.28. The molecule has 1 amide bonds. The average molecular weight is 263 g/mol. The fraction of sp³-hybridized carbons (Fsp3) is 0.385. The lowest BCUT2D eigenvalue weighted by Crippen LogP contribution is -2.51. The third-order valence-electron chi connectivity index (χ3n) is 3.13. The molecule has 2 N–H and O–H groups in total. The van der Waals surface area contributed by atoms with Crippen LogP contribution in [0.2, 0.25) is 0 Å². The molecule has 5 nitrogen and oxygen atoms in total. The van der Waals surface area contributed by atoms with Gasteiger partial charge in [-0.25, -0.2) is 4.39 Å². The minimum absolute atomic E-state index is 0.248. The van der Waals surface area contributed by atoms with Crippen molar-refractivity contribution in [1.82, 2.24) is 4.90 Å². The summed E-state index contributed by atoms with van der Waals surface area (Å²) in [5.41, 5.74) is 6.27. The van der Waals surface area contributed by atoms with E-state index < -0.39 is 17.8 Å². The number of hydrogen-bond acceptors (Lipinski definition) is 4. The maximum atomic E-state index is 13.1. The van der Waals surface area contributed by atoms with Crippen LogP contribution in [0.25, 0.3) is 0 Å². The van der Waals surface area contributed by atoms with Gasteiger partial charge in [-0.1, -0.05) is 6.07 Å². The Morgan fingerprint density at radius 3 is 3.11 bits per heavy atom. The number of amides is 1. The van der Waals surface area contributed by atoms with Gasteiger partial charge in [-0.15, -0.1) is 0 Å². The number of primary amides is 1. The Hall–Kier alpha value is -1.97. The van der Waals surface area contributed by atoms with Gasteiger partial charge in [0, 0.05) is 13.1 Å². The number of nitrogens with zero attached hydrogens (tertiary/aromatic N) is 2. The van der Waals surface area contributed by atoms with Crippen LogP contribution in [0.1, 0.15) is 11.1 Å². The molecule has 1 aromatic carbocycles. The number of halogens is 1. The normalized spacial score (nSPS) is 19.9. The molecule has 1 aliphatic rings. The Balaban J connectivity index is 2.20. The van der Waals surface area contributed by atoms with Crippen LogP contribution in [0.4, 0.5) is 4.39 Å². The van der Waals surface area contributed by atoms with Gasteiger partial charge < -0.3 is 10.5 Å². The second-order valence-electron chi connectivity index (χ2n) is 4.38. The Morgan fingerprint density at radius 2 is 2.42 bits per heavy atom. The molecule has 19 heavy (non-hydrogen) atoms. The van der Waals surface area contributed by atoms with Crippen molar-refractivity contribution in [2.75, 3.05) is 19.8 Å². The zero-order chi connectivity index (χ0) is 13.8. The van der Waals surface area contributed by atoms with E-state index in [-0.39, 0.29) is 12.2 Å². The van der Waals surface area contributed by atoms with Crippen molar-refractivity contribution < 1.29 is 13.9 Å². The van der Waals surface area contributed by atoms with Gasteiger partial charge in [0.1, 0.15) is 11.9 Å². The van der Waals surface area contributed by atoms with E-state index in [4.69, 9.17) is 15.7 Å². The van der Waals surface area contributed by atoms with Crippen LogP contribution in [-0.4, -0.2) is 36.6 Å². The van der Waals surface area contributed by atoms with E-state index in [1.807, 2.05) is 11.0 Å². The van der Waals surface area contributed by atoms with Crippen LogP contribution in [0.15, 0.2) is 18.2 Å². The molecule has 2 rings (SSSR count). The van der Waals surface area contributed by atoms with Crippen molar-refractivity contribution in [3.8, 4) is 6.07 Å². The summed E-state index contributed by atoms with van der Waals surface area (Å²) in [6.45, 7) is 1.68. The number of rotatable bonds is 3. The highest BCUT2D eigenvalue weighted by molar-refractivity contribution is 5.80. The summed E-state index contributed by atoms with van der Waals surface area (Å²) in [6.07, 6.45) is 0. The number of morpholine rings is 1. The molecule has 1 saturated heterocycles. The molecule has 0 radical (unpaired) electrons. The summed E-state index contributed by atoms with van der Waals surface area (Å²) in [6, 6.07) is 5.49. The summed E-state index contributed by atoms with van der Waals surface area (Å²) < 4.78 is 18.3. The lowest BCUT2D eigenvalue weighted by atomic mass is 10.1. The van der Waals surface area contributed by atoms with Crippen molar-refractivity contribution in [2.24, 2.45) is 5.73 Å². The van der Waals surface area contributed by atoms with Gasteiger partial charge in [0.25, 0.3) is 0 Å². The molecule has 0 saturated carbocycles.